The van der Waals surface area contributed by atoms with Crippen LogP contribution in [0.4, 0.5) is 4.79 Å². The molecule has 3 aliphatic rings. The summed E-state index contributed by atoms with van der Waals surface area (Å²) in [5.41, 5.74) is 0.664. The van der Waals surface area contributed by atoms with Gasteiger partial charge in [0.25, 0.3) is 0 Å². The van der Waals surface area contributed by atoms with Crippen molar-refractivity contribution >= 4 is 27.3 Å². The molecule has 0 radical (unpaired) electrons. The first-order valence-electron chi connectivity index (χ1n) is 13.9. The van der Waals surface area contributed by atoms with Crippen molar-refractivity contribution in [3.05, 3.63) is 41.8 Å². The largest absolute Gasteiger partial charge is 0.454 e. The van der Waals surface area contributed by atoms with Crippen molar-refractivity contribution < 1.29 is 27.4 Å². The molecule has 1 aromatic carbocycles. The van der Waals surface area contributed by atoms with Crippen LogP contribution in [0.3, 0.4) is 0 Å². The Bertz CT molecular complexity index is 1470. The fourth-order valence-electron chi connectivity index (χ4n) is 5.15. The Morgan fingerprint density at radius 1 is 1.10 bits per heavy atom. The number of rotatable bonds is 9. The molecule has 2 aromatic heterocycles. The van der Waals surface area contributed by atoms with Crippen LogP contribution < -0.4 is 10.1 Å². The second-order valence-corrected chi connectivity index (χ2v) is 14.3. The van der Waals surface area contributed by atoms with E-state index in [4.69, 9.17) is 19.2 Å². The second kappa shape index (κ2) is 11.1. The van der Waals surface area contributed by atoms with Crippen molar-refractivity contribution in [3.63, 3.8) is 0 Å². The van der Waals surface area contributed by atoms with Crippen molar-refractivity contribution in [1.82, 2.24) is 20.1 Å². The Kier molecular flexibility index (Phi) is 7.58. The number of aromatic nitrogens is 3. The molecule has 6 rings (SSSR count). The van der Waals surface area contributed by atoms with E-state index in [0.717, 1.165) is 35.6 Å². The molecular weight excluding hydrogens is 552 g/mol. The molecule has 0 atom stereocenters. The molecule has 214 valence electrons. The van der Waals surface area contributed by atoms with Crippen molar-refractivity contribution in [2.45, 2.75) is 86.6 Å². The third-order valence-corrected chi connectivity index (χ3v) is 11.1. The number of amides is 1. The van der Waals surface area contributed by atoms with Gasteiger partial charge in [0.1, 0.15) is 5.75 Å². The van der Waals surface area contributed by atoms with Crippen molar-refractivity contribution in [3.8, 4) is 21.9 Å². The van der Waals surface area contributed by atoms with E-state index >= 15 is 0 Å². The molecular formula is C28H34N4O6S2. The quantitative estimate of drug-likeness (QED) is 0.351. The van der Waals surface area contributed by atoms with Gasteiger partial charge in [0.2, 0.25) is 0 Å². The van der Waals surface area contributed by atoms with Crippen molar-refractivity contribution in [2.24, 2.45) is 0 Å². The maximum Gasteiger partial charge on any atom is 0.407 e. The van der Waals surface area contributed by atoms with E-state index in [1.807, 2.05) is 30.8 Å². The van der Waals surface area contributed by atoms with Crippen LogP contribution in [-0.2, 0) is 19.3 Å². The van der Waals surface area contributed by atoms with Gasteiger partial charge in [-0.3, -0.25) is 4.68 Å². The molecule has 40 heavy (non-hydrogen) atoms. The van der Waals surface area contributed by atoms with E-state index in [1.165, 1.54) is 0 Å². The van der Waals surface area contributed by atoms with E-state index < -0.39 is 9.84 Å². The van der Waals surface area contributed by atoms with Gasteiger partial charge in [-0.2, -0.15) is 5.10 Å². The van der Waals surface area contributed by atoms with E-state index in [9.17, 15) is 13.2 Å². The number of nitrogens with one attached hydrogen (secondary N) is 1. The molecule has 1 aliphatic heterocycles. The molecule has 0 spiro atoms. The lowest BCUT2D eigenvalue weighted by Gasteiger charge is -2.28. The Hall–Kier alpha value is -2.96. The van der Waals surface area contributed by atoms with Crippen molar-refractivity contribution in [2.75, 3.05) is 13.2 Å². The zero-order valence-electron chi connectivity index (χ0n) is 22.6. The third-order valence-electron chi connectivity index (χ3n) is 7.56. The number of thiazole rings is 1. The summed E-state index contributed by atoms with van der Waals surface area (Å²) in [6.07, 6.45) is 9.58. The van der Waals surface area contributed by atoms with Gasteiger partial charge in [-0.25, -0.2) is 18.2 Å². The lowest BCUT2D eigenvalue weighted by atomic mass is 9.86. The van der Waals surface area contributed by atoms with Crippen LogP contribution >= 0.6 is 11.3 Å². The smallest absolute Gasteiger partial charge is 0.407 e. The first-order chi connectivity index (χ1) is 19.3. The average Bonchev–Trinajstić information content (AvgIpc) is 3.49. The molecule has 0 bridgehead atoms. The highest BCUT2D eigenvalue weighted by Gasteiger charge is 2.39. The third kappa shape index (κ3) is 5.89. The molecule has 10 nitrogen and oxygen atoms in total. The van der Waals surface area contributed by atoms with Gasteiger partial charge >= 0.3 is 6.09 Å². The van der Waals surface area contributed by atoms with Crippen LogP contribution in [0, 0.1) is 0 Å². The Balaban J connectivity index is 1.18. The van der Waals surface area contributed by atoms with Gasteiger partial charge in [-0.1, -0.05) is 0 Å². The maximum atomic E-state index is 13.5. The predicted molar refractivity (Wildman–Crippen MR) is 150 cm³/mol. The minimum atomic E-state index is -3.50. The number of carbonyl (C=O) groups excluding carboxylic acids is 1. The van der Waals surface area contributed by atoms with E-state index in [1.54, 1.807) is 35.9 Å². The Labute approximate surface area is 238 Å². The minimum absolute atomic E-state index is 0.0962. The molecule has 3 aromatic rings. The summed E-state index contributed by atoms with van der Waals surface area (Å²) in [7, 11) is -3.50. The average molecular weight is 587 g/mol. The summed E-state index contributed by atoms with van der Waals surface area (Å²) in [4.78, 5) is 17.8. The SMILES string of the molecule is CC(C)OC(=O)NC1CCC(c2ncc(-c3ccc(Oc4cnn(C5COC5)c4)cc3S(=O)(=O)C3CC3)s2)CC1. The fraction of sp³-hybridized carbons (Fsp3) is 0.536. The maximum absolute atomic E-state index is 13.5. The zero-order chi connectivity index (χ0) is 27.9. The predicted octanol–water partition coefficient (Wildman–Crippen LogP) is 5.47. The topological polar surface area (TPSA) is 122 Å². The highest BCUT2D eigenvalue weighted by molar-refractivity contribution is 7.92. The lowest BCUT2D eigenvalue weighted by Crippen LogP contribution is -2.38. The van der Waals surface area contributed by atoms with Gasteiger partial charge in [0.05, 0.1) is 57.8 Å². The second-order valence-electron chi connectivity index (χ2n) is 11.1. The molecule has 1 saturated heterocycles. The first-order valence-corrected chi connectivity index (χ1v) is 16.2. The van der Waals surface area contributed by atoms with Crippen LogP contribution in [0.15, 0.2) is 41.7 Å². The summed E-state index contributed by atoms with van der Waals surface area (Å²) in [5, 5.41) is 7.96. The monoisotopic (exact) mass is 586 g/mol. The van der Waals surface area contributed by atoms with Crippen molar-refractivity contribution in [1.29, 1.82) is 0 Å². The van der Waals surface area contributed by atoms with E-state index in [-0.39, 0.29) is 35.4 Å². The van der Waals surface area contributed by atoms with Crippen LogP contribution in [0.1, 0.15) is 69.3 Å². The van der Waals surface area contributed by atoms with Gasteiger partial charge in [-0.15, -0.1) is 11.3 Å². The molecule has 2 saturated carbocycles. The first kappa shape index (κ1) is 27.2. The molecule has 12 heteroatoms. The molecule has 1 N–H and O–H groups in total. The number of hydrogen-bond acceptors (Lipinski definition) is 9. The number of alkyl carbamates (subject to hydrolysis) is 1. The number of ether oxygens (including phenoxy) is 3. The standard InChI is InChI=1S/C28H34N4O6S2/c1-17(2)37-28(33)31-19-5-3-18(4-6-19)27-29-13-25(39-27)24-10-7-21(11-26(24)40(34,35)23-8-9-23)38-22-12-30-32(14-22)20-15-36-16-20/h7,10-14,17-20,23H,3-6,8-9,15-16H2,1-2H3,(H,31,33). The molecule has 2 aliphatic carbocycles. The molecule has 3 heterocycles. The van der Waals surface area contributed by atoms with Crippen LogP contribution in [0.5, 0.6) is 11.5 Å². The van der Waals surface area contributed by atoms with Crippen LogP contribution in [0.25, 0.3) is 10.4 Å². The van der Waals surface area contributed by atoms with E-state index in [0.29, 0.717) is 48.0 Å². The molecule has 3 fully saturated rings. The van der Waals surface area contributed by atoms with Crippen LogP contribution in [-0.4, -0.2) is 59.9 Å². The van der Waals surface area contributed by atoms with E-state index in [2.05, 4.69) is 10.4 Å². The summed E-state index contributed by atoms with van der Waals surface area (Å²) in [6, 6.07) is 5.57. The number of hydrogen-bond donors (Lipinski definition) is 1. The molecule has 1 amide bonds. The fourth-order valence-corrected chi connectivity index (χ4v) is 8.22. The summed E-state index contributed by atoms with van der Waals surface area (Å²) in [5.74, 6) is 1.29. The number of nitrogens with zero attached hydrogens (tertiary/aromatic N) is 3. The van der Waals surface area contributed by atoms with Gasteiger partial charge in [-0.05, 0) is 64.5 Å². The normalized spacial score (nSPS) is 21.7. The van der Waals surface area contributed by atoms with Gasteiger partial charge in [0.15, 0.2) is 15.6 Å². The van der Waals surface area contributed by atoms with Gasteiger partial charge < -0.3 is 19.5 Å². The summed E-state index contributed by atoms with van der Waals surface area (Å²) in [6.45, 7) is 4.92. The van der Waals surface area contributed by atoms with Crippen LogP contribution in [0.2, 0.25) is 0 Å². The Morgan fingerprint density at radius 3 is 2.55 bits per heavy atom. The highest BCUT2D eigenvalue weighted by atomic mass is 32.2. The Morgan fingerprint density at radius 2 is 1.88 bits per heavy atom. The number of benzene rings is 1. The zero-order valence-corrected chi connectivity index (χ0v) is 24.2. The summed E-state index contributed by atoms with van der Waals surface area (Å²) < 4.78 is 45.3. The minimum Gasteiger partial charge on any atom is -0.454 e. The number of carbonyl (C=O) groups is 1. The summed E-state index contributed by atoms with van der Waals surface area (Å²) >= 11 is 1.55. The highest BCUT2D eigenvalue weighted by Crippen LogP contribution is 2.43. The molecule has 0 unspecified atom stereocenters. The van der Waals surface area contributed by atoms with Gasteiger partial charge in [0, 0.05) is 29.8 Å². The lowest BCUT2D eigenvalue weighted by molar-refractivity contribution is -0.0287. The number of sulfone groups is 1.